The van der Waals surface area contributed by atoms with E-state index >= 15 is 0 Å². The Morgan fingerprint density at radius 2 is 1.75 bits per heavy atom. The maximum Gasteiger partial charge on any atom is 0.313 e. The van der Waals surface area contributed by atoms with Crippen LogP contribution in [0.3, 0.4) is 0 Å². The average Bonchev–Trinajstić information content (AvgIpc) is 2.38. The fourth-order valence-corrected chi connectivity index (χ4v) is 1.80. The minimum atomic E-state index is -0.600. The van der Waals surface area contributed by atoms with Crippen LogP contribution < -0.4 is 4.90 Å². The van der Waals surface area contributed by atoms with Crippen LogP contribution in [0.15, 0.2) is 28.7 Å². The van der Waals surface area contributed by atoms with Gasteiger partial charge in [-0.1, -0.05) is 15.9 Å². The lowest BCUT2D eigenvalue weighted by Gasteiger charge is -2.16. The molecule has 0 radical (unpaired) electrons. The molecule has 6 heteroatoms. The molecule has 20 heavy (non-hydrogen) atoms. The number of carbonyl (C=O) groups excluding carboxylic acids is 3. The van der Waals surface area contributed by atoms with E-state index < -0.39 is 11.8 Å². The molecule has 1 aromatic rings. The molecule has 0 unspecified atom stereocenters. The van der Waals surface area contributed by atoms with Crippen LogP contribution in [0.5, 0.6) is 0 Å². The van der Waals surface area contributed by atoms with E-state index in [2.05, 4.69) is 20.7 Å². The number of esters is 1. The average molecular weight is 342 g/mol. The molecule has 0 aliphatic rings. The summed E-state index contributed by atoms with van der Waals surface area (Å²) in [6.07, 6.45) is -0.681. The van der Waals surface area contributed by atoms with Gasteiger partial charge in [0.2, 0.25) is 5.91 Å². The van der Waals surface area contributed by atoms with Crippen molar-refractivity contribution in [1.82, 2.24) is 0 Å². The number of carbonyl (C=O) groups is 3. The van der Waals surface area contributed by atoms with Crippen LogP contribution in [0.4, 0.5) is 5.69 Å². The molecule has 1 rings (SSSR count). The third kappa shape index (κ3) is 5.13. The Balaban J connectivity index is 2.55. The highest BCUT2D eigenvalue weighted by molar-refractivity contribution is 9.10. The van der Waals surface area contributed by atoms with Crippen LogP contribution in [-0.2, 0) is 19.1 Å². The number of anilines is 1. The second-order valence-corrected chi connectivity index (χ2v) is 5.04. The molecule has 0 heterocycles. The van der Waals surface area contributed by atoms with E-state index in [-0.39, 0.29) is 25.4 Å². The lowest BCUT2D eigenvalue weighted by molar-refractivity contribution is -0.145. The summed E-state index contributed by atoms with van der Waals surface area (Å²) in [6, 6.07) is 7.13. The number of halogens is 1. The van der Waals surface area contributed by atoms with E-state index in [9.17, 15) is 14.4 Å². The Kier molecular flexibility index (Phi) is 6.38. The monoisotopic (exact) mass is 341 g/mol. The Hall–Kier alpha value is -1.69. The quantitative estimate of drug-likeness (QED) is 0.588. The topological polar surface area (TPSA) is 63.7 Å². The maximum absolute atomic E-state index is 11.9. The van der Waals surface area contributed by atoms with Crippen LogP contribution in [0, 0.1) is 0 Å². The summed E-state index contributed by atoms with van der Waals surface area (Å²) in [5, 5.41) is 0. The first-order valence-electron chi connectivity index (χ1n) is 6.13. The van der Waals surface area contributed by atoms with Crippen molar-refractivity contribution in [2.45, 2.75) is 19.8 Å². The predicted octanol–water partition coefficient (Wildman–Crippen LogP) is 2.32. The lowest BCUT2D eigenvalue weighted by atomic mass is 10.2. The van der Waals surface area contributed by atoms with Crippen molar-refractivity contribution in [2.75, 3.05) is 18.6 Å². The number of hydrogen-bond acceptors (Lipinski definition) is 4. The summed E-state index contributed by atoms with van der Waals surface area (Å²) in [7, 11) is 1.59. The summed E-state index contributed by atoms with van der Waals surface area (Å²) in [4.78, 5) is 36.0. The van der Waals surface area contributed by atoms with Crippen LogP contribution in [0.25, 0.3) is 0 Å². The Morgan fingerprint density at radius 3 is 2.30 bits per heavy atom. The highest BCUT2D eigenvalue weighted by atomic mass is 79.9. The molecule has 0 spiro atoms. The molecule has 108 valence electrons. The Morgan fingerprint density at radius 1 is 1.15 bits per heavy atom. The molecule has 1 aromatic carbocycles. The van der Waals surface area contributed by atoms with Crippen molar-refractivity contribution in [1.29, 1.82) is 0 Å². The normalized spacial score (nSPS) is 9.95. The van der Waals surface area contributed by atoms with Gasteiger partial charge in [-0.05, 0) is 31.2 Å². The van der Waals surface area contributed by atoms with E-state index in [1.54, 1.807) is 38.2 Å². The SMILES string of the molecule is CCOC(=O)CC(=O)CC(=O)N(C)c1ccc(Br)cc1. The van der Waals surface area contributed by atoms with E-state index in [0.29, 0.717) is 5.69 Å². The summed E-state index contributed by atoms with van der Waals surface area (Å²) >= 11 is 3.30. The molecule has 0 aliphatic heterocycles. The molecule has 0 fully saturated rings. The fourth-order valence-electron chi connectivity index (χ4n) is 1.53. The van der Waals surface area contributed by atoms with Gasteiger partial charge in [0.15, 0.2) is 5.78 Å². The molecule has 0 saturated carbocycles. The largest absolute Gasteiger partial charge is 0.466 e. The molecular weight excluding hydrogens is 326 g/mol. The number of hydrogen-bond donors (Lipinski definition) is 0. The summed E-state index contributed by atoms with van der Waals surface area (Å²) in [5.74, 6) is -1.41. The lowest BCUT2D eigenvalue weighted by Crippen LogP contribution is -2.29. The number of nitrogens with zero attached hydrogens (tertiary/aromatic N) is 1. The number of rotatable bonds is 6. The van der Waals surface area contributed by atoms with Gasteiger partial charge in [-0.2, -0.15) is 0 Å². The predicted molar refractivity (Wildman–Crippen MR) is 78.4 cm³/mol. The van der Waals surface area contributed by atoms with Crippen molar-refractivity contribution in [3.05, 3.63) is 28.7 Å². The molecule has 0 atom stereocenters. The minimum absolute atomic E-state index is 0.221. The Bertz CT molecular complexity index is 498. The van der Waals surface area contributed by atoms with Crippen molar-refractivity contribution in [2.24, 2.45) is 0 Å². The van der Waals surface area contributed by atoms with E-state index in [0.717, 1.165) is 4.47 Å². The zero-order chi connectivity index (χ0) is 15.1. The van der Waals surface area contributed by atoms with Gasteiger partial charge in [-0.3, -0.25) is 14.4 Å². The molecule has 0 N–H and O–H groups in total. The van der Waals surface area contributed by atoms with Crippen LogP contribution in [0.1, 0.15) is 19.8 Å². The van der Waals surface area contributed by atoms with Crippen LogP contribution in [0.2, 0.25) is 0 Å². The van der Waals surface area contributed by atoms with Crippen LogP contribution in [-0.4, -0.2) is 31.3 Å². The fraction of sp³-hybridized carbons (Fsp3) is 0.357. The van der Waals surface area contributed by atoms with Gasteiger partial charge in [-0.25, -0.2) is 0 Å². The molecule has 0 aliphatic carbocycles. The van der Waals surface area contributed by atoms with Crippen molar-refractivity contribution in [3.8, 4) is 0 Å². The first-order chi connectivity index (χ1) is 9.43. The second-order valence-electron chi connectivity index (χ2n) is 4.13. The third-order valence-corrected chi connectivity index (χ3v) is 3.11. The molecule has 5 nitrogen and oxygen atoms in total. The molecular formula is C14H16BrNO4. The summed E-state index contributed by atoms with van der Waals surface area (Å²) < 4.78 is 5.57. The van der Waals surface area contributed by atoms with Gasteiger partial charge >= 0.3 is 5.97 Å². The van der Waals surface area contributed by atoms with Gasteiger partial charge < -0.3 is 9.64 Å². The highest BCUT2D eigenvalue weighted by Gasteiger charge is 2.18. The standard InChI is InChI=1S/C14H16BrNO4/c1-3-20-14(19)9-12(17)8-13(18)16(2)11-6-4-10(15)5-7-11/h4-7H,3,8-9H2,1-2H3. The van der Waals surface area contributed by atoms with Gasteiger partial charge in [0, 0.05) is 17.2 Å². The first-order valence-corrected chi connectivity index (χ1v) is 6.92. The van der Waals surface area contributed by atoms with E-state index in [4.69, 9.17) is 0 Å². The maximum atomic E-state index is 11.9. The summed E-state index contributed by atoms with van der Waals surface area (Å²) in [6.45, 7) is 1.88. The van der Waals surface area contributed by atoms with Crippen LogP contribution >= 0.6 is 15.9 Å². The zero-order valence-corrected chi connectivity index (χ0v) is 13.0. The second kappa shape index (κ2) is 7.79. The number of Topliss-reactive ketones (excluding diaryl/α,β-unsaturated/α-hetero) is 1. The van der Waals surface area contributed by atoms with Gasteiger partial charge in [0.25, 0.3) is 0 Å². The summed E-state index contributed by atoms with van der Waals surface area (Å²) in [5.41, 5.74) is 0.683. The zero-order valence-electron chi connectivity index (χ0n) is 11.4. The van der Waals surface area contributed by atoms with Crippen molar-refractivity contribution >= 4 is 39.3 Å². The first kappa shape index (κ1) is 16.4. The van der Waals surface area contributed by atoms with E-state index in [1.807, 2.05) is 0 Å². The Labute approximate surface area is 126 Å². The minimum Gasteiger partial charge on any atom is -0.466 e. The highest BCUT2D eigenvalue weighted by Crippen LogP contribution is 2.18. The van der Waals surface area contributed by atoms with Gasteiger partial charge in [0.1, 0.15) is 6.42 Å². The van der Waals surface area contributed by atoms with E-state index in [1.165, 1.54) is 4.90 Å². The number of benzene rings is 1. The third-order valence-electron chi connectivity index (χ3n) is 2.58. The molecule has 1 amide bonds. The van der Waals surface area contributed by atoms with Gasteiger partial charge in [-0.15, -0.1) is 0 Å². The molecule has 0 aromatic heterocycles. The van der Waals surface area contributed by atoms with Gasteiger partial charge in [0.05, 0.1) is 13.0 Å². The molecule has 0 saturated heterocycles. The number of ether oxygens (including phenoxy) is 1. The number of amides is 1. The number of ketones is 1. The van der Waals surface area contributed by atoms with Crippen molar-refractivity contribution < 1.29 is 19.1 Å². The smallest absolute Gasteiger partial charge is 0.313 e. The van der Waals surface area contributed by atoms with Crippen molar-refractivity contribution in [3.63, 3.8) is 0 Å². The molecule has 0 bridgehead atoms.